The van der Waals surface area contributed by atoms with Gasteiger partial charge < -0.3 is 5.73 Å². The van der Waals surface area contributed by atoms with Crippen molar-refractivity contribution < 1.29 is 0 Å². The summed E-state index contributed by atoms with van der Waals surface area (Å²) < 4.78 is 0. The third-order valence-electron chi connectivity index (χ3n) is 2.69. The Balaban J connectivity index is 2.07. The van der Waals surface area contributed by atoms with Gasteiger partial charge >= 0.3 is 0 Å². The molecule has 1 aromatic carbocycles. The van der Waals surface area contributed by atoms with E-state index in [4.69, 9.17) is 5.73 Å². The zero-order valence-electron chi connectivity index (χ0n) is 10.2. The van der Waals surface area contributed by atoms with Crippen molar-refractivity contribution in [2.24, 2.45) is 5.73 Å². The minimum absolute atomic E-state index is 0.127. The predicted octanol–water partition coefficient (Wildman–Crippen LogP) is 2.17. The molecule has 0 radical (unpaired) electrons. The smallest absolute Gasteiger partial charge is 0.153 e. The molecule has 0 fully saturated rings. The van der Waals surface area contributed by atoms with Crippen LogP contribution in [-0.4, -0.2) is 15.2 Å². The van der Waals surface area contributed by atoms with E-state index in [0.29, 0.717) is 5.92 Å². The summed E-state index contributed by atoms with van der Waals surface area (Å²) in [4.78, 5) is 4.41. The molecule has 0 saturated carbocycles. The molecule has 1 atom stereocenters. The van der Waals surface area contributed by atoms with Gasteiger partial charge in [-0.3, -0.25) is 5.10 Å². The maximum Gasteiger partial charge on any atom is 0.153 e. The minimum Gasteiger partial charge on any atom is -0.321 e. The highest BCUT2D eigenvalue weighted by Crippen LogP contribution is 2.15. The number of benzene rings is 1. The van der Waals surface area contributed by atoms with Gasteiger partial charge in [-0.15, -0.1) is 0 Å². The lowest BCUT2D eigenvalue weighted by Gasteiger charge is -2.07. The molecule has 1 heterocycles. The highest BCUT2D eigenvalue weighted by Gasteiger charge is 2.13. The molecule has 2 rings (SSSR count). The van der Waals surface area contributed by atoms with Gasteiger partial charge in [-0.25, -0.2) is 4.98 Å². The van der Waals surface area contributed by atoms with Gasteiger partial charge in [0.2, 0.25) is 0 Å². The Morgan fingerprint density at radius 2 is 1.94 bits per heavy atom. The first-order chi connectivity index (χ1) is 8.16. The minimum atomic E-state index is -0.127. The van der Waals surface area contributed by atoms with Gasteiger partial charge in [0, 0.05) is 5.92 Å². The van der Waals surface area contributed by atoms with Crippen molar-refractivity contribution in [3.05, 3.63) is 47.5 Å². The average Bonchev–Trinajstić information content (AvgIpc) is 2.79. The van der Waals surface area contributed by atoms with E-state index in [2.05, 4.69) is 41.2 Å². The van der Waals surface area contributed by atoms with E-state index in [-0.39, 0.29) is 6.04 Å². The zero-order valence-corrected chi connectivity index (χ0v) is 10.2. The van der Waals surface area contributed by atoms with Crippen LogP contribution in [0, 0.1) is 0 Å². The molecule has 17 heavy (non-hydrogen) atoms. The highest BCUT2D eigenvalue weighted by atomic mass is 15.2. The summed E-state index contributed by atoms with van der Waals surface area (Å²) in [5.41, 5.74) is 7.32. The second-order valence-corrected chi connectivity index (χ2v) is 4.53. The Morgan fingerprint density at radius 1 is 1.24 bits per heavy atom. The van der Waals surface area contributed by atoms with E-state index in [1.54, 1.807) is 0 Å². The van der Waals surface area contributed by atoms with Crippen molar-refractivity contribution in [2.45, 2.75) is 32.2 Å². The predicted molar refractivity (Wildman–Crippen MR) is 67.5 cm³/mol. The van der Waals surface area contributed by atoms with Crippen LogP contribution in [0.15, 0.2) is 30.3 Å². The molecule has 0 spiro atoms. The molecule has 4 nitrogen and oxygen atoms in total. The molecule has 0 aliphatic carbocycles. The van der Waals surface area contributed by atoms with E-state index in [9.17, 15) is 0 Å². The third kappa shape index (κ3) is 2.91. The van der Waals surface area contributed by atoms with Gasteiger partial charge in [-0.05, 0) is 12.0 Å². The summed E-state index contributed by atoms with van der Waals surface area (Å²) in [6.45, 7) is 4.13. The molecule has 0 bridgehead atoms. The molecule has 90 valence electrons. The summed E-state index contributed by atoms with van der Waals surface area (Å²) in [5.74, 6) is 1.91. The van der Waals surface area contributed by atoms with Gasteiger partial charge in [-0.1, -0.05) is 44.2 Å². The molecule has 0 aliphatic heterocycles. The summed E-state index contributed by atoms with van der Waals surface area (Å²) in [5, 5.41) is 7.08. The van der Waals surface area contributed by atoms with Crippen LogP contribution in [0.2, 0.25) is 0 Å². The lowest BCUT2D eigenvalue weighted by Crippen LogP contribution is -2.15. The SMILES string of the molecule is CC(C)c1n[nH]c([C@H](N)Cc2ccccc2)n1. The van der Waals surface area contributed by atoms with Crippen molar-refractivity contribution in [2.75, 3.05) is 0 Å². The summed E-state index contributed by atoms with van der Waals surface area (Å²) >= 11 is 0. The number of hydrogen-bond donors (Lipinski definition) is 2. The van der Waals surface area contributed by atoms with Gasteiger partial charge in [0.05, 0.1) is 6.04 Å². The summed E-state index contributed by atoms with van der Waals surface area (Å²) in [7, 11) is 0. The van der Waals surface area contributed by atoms with Gasteiger partial charge in [0.25, 0.3) is 0 Å². The summed E-state index contributed by atoms with van der Waals surface area (Å²) in [6.07, 6.45) is 0.771. The normalized spacial score (nSPS) is 12.9. The van der Waals surface area contributed by atoms with Crippen molar-refractivity contribution in [1.29, 1.82) is 0 Å². The van der Waals surface area contributed by atoms with Crippen molar-refractivity contribution in [3.63, 3.8) is 0 Å². The largest absolute Gasteiger partial charge is 0.321 e. The number of H-pyrrole nitrogens is 1. The molecule has 2 aromatic rings. The molecule has 0 unspecified atom stereocenters. The maximum atomic E-state index is 6.11. The molecule has 1 aromatic heterocycles. The Hall–Kier alpha value is -1.68. The third-order valence-corrected chi connectivity index (χ3v) is 2.69. The number of rotatable bonds is 4. The molecular weight excluding hydrogens is 212 g/mol. The van der Waals surface area contributed by atoms with Crippen molar-refractivity contribution in [1.82, 2.24) is 15.2 Å². The van der Waals surface area contributed by atoms with Crippen LogP contribution in [0.25, 0.3) is 0 Å². The van der Waals surface area contributed by atoms with Crippen LogP contribution in [-0.2, 0) is 6.42 Å². The standard InChI is InChI=1S/C13H18N4/c1-9(2)12-15-13(17-16-12)11(14)8-10-6-4-3-5-7-10/h3-7,9,11H,8,14H2,1-2H3,(H,15,16,17)/t11-/m1/s1. The van der Waals surface area contributed by atoms with E-state index >= 15 is 0 Å². The van der Waals surface area contributed by atoms with Crippen LogP contribution in [0.4, 0.5) is 0 Å². The number of nitrogens with one attached hydrogen (secondary N) is 1. The Labute approximate surface area is 101 Å². The van der Waals surface area contributed by atoms with Crippen LogP contribution in [0.3, 0.4) is 0 Å². The molecule has 0 amide bonds. The van der Waals surface area contributed by atoms with E-state index < -0.39 is 0 Å². The van der Waals surface area contributed by atoms with Crippen LogP contribution in [0.5, 0.6) is 0 Å². The summed E-state index contributed by atoms with van der Waals surface area (Å²) in [6, 6.07) is 10.0. The number of nitrogens with two attached hydrogens (primary N) is 1. The highest BCUT2D eigenvalue weighted by molar-refractivity contribution is 5.17. The van der Waals surface area contributed by atoms with Crippen LogP contribution >= 0.6 is 0 Å². The number of aromatic amines is 1. The molecule has 4 heteroatoms. The van der Waals surface area contributed by atoms with Crippen LogP contribution < -0.4 is 5.73 Å². The molecule has 3 N–H and O–H groups in total. The fourth-order valence-corrected chi connectivity index (χ4v) is 1.68. The first-order valence-corrected chi connectivity index (χ1v) is 5.88. The quantitative estimate of drug-likeness (QED) is 0.845. The first-order valence-electron chi connectivity index (χ1n) is 5.88. The van der Waals surface area contributed by atoms with Crippen LogP contribution in [0.1, 0.15) is 43.0 Å². The lowest BCUT2D eigenvalue weighted by molar-refractivity contribution is 0.669. The van der Waals surface area contributed by atoms with Gasteiger partial charge in [0.15, 0.2) is 5.82 Å². The Kier molecular flexibility index (Phi) is 3.54. The lowest BCUT2D eigenvalue weighted by atomic mass is 10.1. The van der Waals surface area contributed by atoms with Gasteiger partial charge in [0.1, 0.15) is 5.82 Å². The molecular formula is C13H18N4. The van der Waals surface area contributed by atoms with Crippen molar-refractivity contribution >= 4 is 0 Å². The molecule has 0 aliphatic rings. The molecule has 0 saturated heterocycles. The first kappa shape index (κ1) is 11.8. The maximum absolute atomic E-state index is 6.11. The van der Waals surface area contributed by atoms with E-state index in [1.807, 2.05) is 18.2 Å². The fourth-order valence-electron chi connectivity index (χ4n) is 1.68. The van der Waals surface area contributed by atoms with Gasteiger partial charge in [-0.2, -0.15) is 5.10 Å². The second-order valence-electron chi connectivity index (χ2n) is 4.53. The zero-order chi connectivity index (χ0) is 12.3. The fraction of sp³-hybridized carbons (Fsp3) is 0.385. The monoisotopic (exact) mass is 230 g/mol. The Bertz CT molecular complexity index is 461. The van der Waals surface area contributed by atoms with E-state index in [0.717, 1.165) is 18.1 Å². The van der Waals surface area contributed by atoms with E-state index in [1.165, 1.54) is 5.56 Å². The topological polar surface area (TPSA) is 67.6 Å². The number of nitrogens with zero attached hydrogens (tertiary/aromatic N) is 2. The Morgan fingerprint density at radius 3 is 2.53 bits per heavy atom. The van der Waals surface area contributed by atoms with Crippen molar-refractivity contribution in [3.8, 4) is 0 Å². The average molecular weight is 230 g/mol. The second kappa shape index (κ2) is 5.10. The number of aromatic nitrogens is 3. The number of hydrogen-bond acceptors (Lipinski definition) is 3.